The fourth-order valence-electron chi connectivity index (χ4n) is 3.63. The average Bonchev–Trinajstić information content (AvgIpc) is 3.07. The Bertz CT molecular complexity index is 1100. The third-order valence-electron chi connectivity index (χ3n) is 5.02. The van der Waals surface area contributed by atoms with Gasteiger partial charge in [-0.3, -0.25) is 0 Å². The lowest BCUT2D eigenvalue weighted by Crippen LogP contribution is -2.26. The number of rotatable bonds is 4. The van der Waals surface area contributed by atoms with Crippen LogP contribution in [0.1, 0.15) is 29.0 Å². The summed E-state index contributed by atoms with van der Waals surface area (Å²) in [5.74, 6) is 6.17. The summed E-state index contributed by atoms with van der Waals surface area (Å²) in [6.45, 7) is 0.734. The van der Waals surface area contributed by atoms with Gasteiger partial charge < -0.3 is 10.1 Å². The van der Waals surface area contributed by atoms with Crippen LogP contribution < -0.4 is 5.32 Å². The molecule has 3 nitrogen and oxygen atoms in total. The normalized spacial score (nSPS) is 11.8. The summed E-state index contributed by atoms with van der Waals surface area (Å²) in [4.78, 5) is 12.1. The summed E-state index contributed by atoms with van der Waals surface area (Å²) in [7, 11) is 0. The third-order valence-corrected chi connectivity index (χ3v) is 5.91. The molecule has 0 aliphatic heterocycles. The SMILES string of the molecule is O=C(NCCC#Cc1ccc(Cl)cc1Br)OCC1c2ccccc2-c2ccccc21. The average molecular weight is 481 g/mol. The molecule has 0 saturated carbocycles. The van der Waals surface area contributed by atoms with Crippen molar-refractivity contribution in [3.05, 3.63) is 92.9 Å². The lowest BCUT2D eigenvalue weighted by Gasteiger charge is -2.14. The van der Waals surface area contributed by atoms with E-state index in [9.17, 15) is 4.79 Å². The number of carbonyl (C=O) groups excluding carboxylic acids is 1. The zero-order valence-electron chi connectivity index (χ0n) is 16.1. The van der Waals surface area contributed by atoms with Crippen LogP contribution in [0, 0.1) is 11.8 Å². The molecule has 0 unspecified atom stereocenters. The number of alkyl carbamates (subject to hydrolysis) is 1. The predicted octanol–water partition coefficient (Wildman–Crippen LogP) is 6.38. The Labute approximate surface area is 189 Å². The van der Waals surface area contributed by atoms with Crippen LogP contribution in [0.4, 0.5) is 4.79 Å². The minimum atomic E-state index is -0.425. The minimum Gasteiger partial charge on any atom is -0.449 e. The fraction of sp³-hybridized carbons (Fsp3) is 0.160. The van der Waals surface area contributed by atoms with Crippen molar-refractivity contribution in [2.24, 2.45) is 0 Å². The van der Waals surface area contributed by atoms with Gasteiger partial charge in [0.25, 0.3) is 0 Å². The summed E-state index contributed by atoms with van der Waals surface area (Å²) < 4.78 is 6.37. The molecule has 0 heterocycles. The van der Waals surface area contributed by atoms with Crippen LogP contribution in [-0.4, -0.2) is 19.2 Å². The number of amides is 1. The first-order valence-corrected chi connectivity index (χ1v) is 10.8. The Morgan fingerprint density at radius 2 is 1.70 bits per heavy atom. The number of carbonyl (C=O) groups is 1. The Balaban J connectivity index is 1.29. The van der Waals surface area contributed by atoms with Crippen molar-refractivity contribution in [1.29, 1.82) is 0 Å². The van der Waals surface area contributed by atoms with Gasteiger partial charge in [-0.1, -0.05) is 72.0 Å². The maximum Gasteiger partial charge on any atom is 0.407 e. The summed E-state index contributed by atoms with van der Waals surface area (Å²) in [6, 6.07) is 22.0. The van der Waals surface area contributed by atoms with Crippen LogP contribution >= 0.6 is 27.5 Å². The highest BCUT2D eigenvalue weighted by molar-refractivity contribution is 9.10. The fourth-order valence-corrected chi connectivity index (χ4v) is 4.41. The highest BCUT2D eigenvalue weighted by Crippen LogP contribution is 2.44. The van der Waals surface area contributed by atoms with Crippen LogP contribution in [0.3, 0.4) is 0 Å². The first-order valence-electron chi connectivity index (χ1n) is 9.66. The molecule has 0 spiro atoms. The van der Waals surface area contributed by atoms with E-state index in [1.54, 1.807) is 12.1 Å². The van der Waals surface area contributed by atoms with E-state index in [-0.39, 0.29) is 5.92 Å². The second-order valence-electron chi connectivity index (χ2n) is 6.93. The van der Waals surface area contributed by atoms with Gasteiger partial charge in [-0.15, -0.1) is 0 Å². The molecule has 0 bridgehead atoms. The van der Waals surface area contributed by atoms with Gasteiger partial charge in [-0.25, -0.2) is 4.79 Å². The standard InChI is InChI=1S/C25H19BrClNO2/c26-24-15-18(27)13-12-17(24)7-5-6-14-28-25(29)30-16-23-21-10-3-1-8-19(21)20-9-2-4-11-22(20)23/h1-4,8-13,15,23H,6,14,16H2,(H,28,29). The first-order chi connectivity index (χ1) is 14.6. The Morgan fingerprint density at radius 1 is 1.03 bits per heavy atom. The molecule has 0 radical (unpaired) electrons. The van der Waals surface area contributed by atoms with E-state index >= 15 is 0 Å². The quantitative estimate of drug-likeness (QED) is 0.347. The first kappa shape index (κ1) is 20.5. The lowest BCUT2D eigenvalue weighted by atomic mass is 9.98. The molecular formula is C25H19BrClNO2. The number of halogens is 2. The molecule has 1 aliphatic rings. The molecule has 30 heavy (non-hydrogen) atoms. The molecule has 0 fully saturated rings. The Morgan fingerprint density at radius 3 is 2.37 bits per heavy atom. The zero-order valence-corrected chi connectivity index (χ0v) is 18.5. The maximum absolute atomic E-state index is 12.1. The second-order valence-corrected chi connectivity index (χ2v) is 8.22. The summed E-state index contributed by atoms with van der Waals surface area (Å²) in [5.41, 5.74) is 5.69. The topological polar surface area (TPSA) is 38.3 Å². The molecule has 0 atom stereocenters. The van der Waals surface area contributed by atoms with Gasteiger partial charge >= 0.3 is 6.09 Å². The van der Waals surface area contributed by atoms with Crippen molar-refractivity contribution in [3.8, 4) is 23.0 Å². The number of ether oxygens (including phenoxy) is 1. The largest absolute Gasteiger partial charge is 0.449 e. The van der Waals surface area contributed by atoms with Crippen LogP contribution in [0.25, 0.3) is 11.1 Å². The van der Waals surface area contributed by atoms with Gasteiger partial charge in [0.05, 0.1) is 0 Å². The summed E-state index contributed by atoms with van der Waals surface area (Å²) in [6.07, 6.45) is 0.102. The molecule has 1 amide bonds. The van der Waals surface area contributed by atoms with E-state index in [0.717, 1.165) is 10.0 Å². The highest BCUT2D eigenvalue weighted by Gasteiger charge is 2.28. The molecule has 3 aromatic carbocycles. The van der Waals surface area contributed by atoms with Crippen molar-refractivity contribution in [2.75, 3.05) is 13.2 Å². The molecule has 5 heteroatoms. The Kier molecular flexibility index (Phi) is 6.42. The smallest absolute Gasteiger partial charge is 0.407 e. The number of nitrogens with one attached hydrogen (secondary N) is 1. The zero-order chi connectivity index (χ0) is 20.9. The number of fused-ring (bicyclic) bond motifs is 3. The predicted molar refractivity (Wildman–Crippen MR) is 124 cm³/mol. The van der Waals surface area contributed by atoms with E-state index in [0.29, 0.717) is 24.6 Å². The number of hydrogen-bond acceptors (Lipinski definition) is 2. The molecule has 4 rings (SSSR count). The summed E-state index contributed by atoms with van der Waals surface area (Å²) in [5, 5.41) is 3.42. The van der Waals surface area contributed by atoms with Crippen molar-refractivity contribution in [1.82, 2.24) is 5.32 Å². The molecule has 0 saturated heterocycles. The van der Waals surface area contributed by atoms with Gasteiger partial charge in [-0.05, 0) is 56.4 Å². The van der Waals surface area contributed by atoms with Gasteiger partial charge in [-0.2, -0.15) is 0 Å². The van der Waals surface area contributed by atoms with E-state index in [1.165, 1.54) is 22.3 Å². The molecule has 0 aromatic heterocycles. The second kappa shape index (κ2) is 9.38. The lowest BCUT2D eigenvalue weighted by molar-refractivity contribution is 0.143. The third kappa shape index (κ3) is 4.53. The highest BCUT2D eigenvalue weighted by atomic mass is 79.9. The van der Waals surface area contributed by atoms with Crippen LogP contribution in [0.15, 0.2) is 71.2 Å². The molecule has 3 aromatic rings. The van der Waals surface area contributed by atoms with E-state index in [4.69, 9.17) is 16.3 Å². The van der Waals surface area contributed by atoms with Crippen molar-refractivity contribution < 1.29 is 9.53 Å². The van der Waals surface area contributed by atoms with Gasteiger partial charge in [0.15, 0.2) is 0 Å². The van der Waals surface area contributed by atoms with E-state index in [1.807, 2.05) is 30.3 Å². The number of benzene rings is 3. The molecule has 1 N–H and O–H groups in total. The van der Waals surface area contributed by atoms with Gasteiger partial charge in [0.1, 0.15) is 6.61 Å². The van der Waals surface area contributed by atoms with Crippen molar-refractivity contribution in [2.45, 2.75) is 12.3 Å². The van der Waals surface area contributed by atoms with Crippen LogP contribution in [0.5, 0.6) is 0 Å². The van der Waals surface area contributed by atoms with Crippen molar-refractivity contribution in [3.63, 3.8) is 0 Å². The van der Waals surface area contributed by atoms with E-state index < -0.39 is 6.09 Å². The van der Waals surface area contributed by atoms with Crippen LogP contribution in [-0.2, 0) is 4.74 Å². The van der Waals surface area contributed by atoms with Gasteiger partial charge in [0, 0.05) is 33.9 Å². The molecule has 1 aliphatic carbocycles. The summed E-state index contributed by atoms with van der Waals surface area (Å²) >= 11 is 9.37. The van der Waals surface area contributed by atoms with E-state index in [2.05, 4.69) is 57.4 Å². The number of hydrogen-bond donors (Lipinski definition) is 1. The van der Waals surface area contributed by atoms with Crippen molar-refractivity contribution >= 4 is 33.6 Å². The Hall–Kier alpha value is -2.74. The van der Waals surface area contributed by atoms with Gasteiger partial charge in [0.2, 0.25) is 0 Å². The maximum atomic E-state index is 12.1. The molecule has 150 valence electrons. The molecular weight excluding hydrogens is 462 g/mol. The monoisotopic (exact) mass is 479 g/mol. The van der Waals surface area contributed by atoms with Crippen LogP contribution in [0.2, 0.25) is 5.02 Å². The minimum absolute atomic E-state index is 0.0604.